The molecular weight excluding hydrogens is 272 g/mol. The first-order chi connectivity index (χ1) is 9.60. The van der Waals surface area contributed by atoms with E-state index in [0.717, 1.165) is 34.4 Å². The third-order valence-corrected chi connectivity index (χ3v) is 4.46. The maximum absolute atomic E-state index is 11.1. The van der Waals surface area contributed by atoms with E-state index in [-0.39, 0.29) is 4.88 Å². The molecule has 1 heterocycles. The number of benzene rings is 1. The van der Waals surface area contributed by atoms with Gasteiger partial charge in [-0.15, -0.1) is 11.3 Å². The largest absolute Gasteiger partial charge is 0.477 e. The maximum atomic E-state index is 11.1. The van der Waals surface area contributed by atoms with Crippen LogP contribution in [-0.4, -0.2) is 16.1 Å². The third-order valence-electron chi connectivity index (χ3n) is 3.26. The summed E-state index contributed by atoms with van der Waals surface area (Å²) < 4.78 is 0. The van der Waals surface area contributed by atoms with Crippen molar-refractivity contribution < 1.29 is 9.90 Å². The van der Waals surface area contributed by atoms with E-state index in [4.69, 9.17) is 5.11 Å². The van der Waals surface area contributed by atoms with E-state index < -0.39 is 5.97 Å². The minimum Gasteiger partial charge on any atom is -0.477 e. The van der Waals surface area contributed by atoms with Crippen LogP contribution >= 0.6 is 11.3 Å². The van der Waals surface area contributed by atoms with Crippen LogP contribution in [0.15, 0.2) is 18.2 Å². The second kappa shape index (κ2) is 4.58. The van der Waals surface area contributed by atoms with E-state index in [1.807, 2.05) is 18.2 Å². The lowest BCUT2D eigenvalue weighted by molar-refractivity contribution is 0.0701. The van der Waals surface area contributed by atoms with Crippen LogP contribution in [0.5, 0.6) is 0 Å². The van der Waals surface area contributed by atoms with Crippen LogP contribution in [0, 0.1) is 18.3 Å². The van der Waals surface area contributed by atoms with Gasteiger partial charge in [0.1, 0.15) is 9.88 Å². The first kappa shape index (κ1) is 12.6. The minimum atomic E-state index is -0.965. The average Bonchev–Trinajstić information content (AvgIpc) is 3.03. The van der Waals surface area contributed by atoms with Gasteiger partial charge in [-0.25, -0.2) is 9.78 Å². The number of allylic oxidation sites excluding steroid dienone is 1. The highest BCUT2D eigenvalue weighted by Crippen LogP contribution is 2.33. The number of carbonyl (C=O) groups is 1. The van der Waals surface area contributed by atoms with Crippen LogP contribution in [0.1, 0.15) is 32.1 Å². The second-order valence-electron chi connectivity index (χ2n) is 4.55. The first-order valence-electron chi connectivity index (χ1n) is 6.05. The van der Waals surface area contributed by atoms with Crippen molar-refractivity contribution in [2.45, 2.75) is 13.3 Å². The quantitative estimate of drug-likeness (QED) is 0.917. The van der Waals surface area contributed by atoms with Gasteiger partial charge >= 0.3 is 5.97 Å². The first-order valence-corrected chi connectivity index (χ1v) is 6.86. The zero-order valence-electron chi connectivity index (χ0n) is 10.7. The molecule has 0 spiro atoms. The predicted octanol–water partition coefficient (Wildman–Crippen LogP) is 3.26. The number of hydrogen-bond acceptors (Lipinski definition) is 4. The molecule has 0 saturated heterocycles. The molecule has 0 fully saturated rings. The Morgan fingerprint density at radius 1 is 1.50 bits per heavy atom. The van der Waals surface area contributed by atoms with E-state index in [1.165, 1.54) is 0 Å². The maximum Gasteiger partial charge on any atom is 0.347 e. The van der Waals surface area contributed by atoms with Crippen molar-refractivity contribution in [2.24, 2.45) is 0 Å². The van der Waals surface area contributed by atoms with Gasteiger partial charge in [-0.05, 0) is 36.6 Å². The van der Waals surface area contributed by atoms with Crippen LogP contribution < -0.4 is 0 Å². The van der Waals surface area contributed by atoms with Gasteiger partial charge in [-0.2, -0.15) is 5.26 Å². The van der Waals surface area contributed by atoms with Crippen LogP contribution in [0.25, 0.3) is 16.6 Å². The van der Waals surface area contributed by atoms with Gasteiger partial charge in [0.15, 0.2) is 0 Å². The van der Waals surface area contributed by atoms with Gasteiger partial charge in [-0.1, -0.05) is 12.2 Å². The van der Waals surface area contributed by atoms with Gasteiger partial charge in [0.2, 0.25) is 0 Å². The number of rotatable bonds is 2. The fourth-order valence-electron chi connectivity index (χ4n) is 2.32. The highest BCUT2D eigenvalue weighted by Gasteiger charge is 2.18. The molecule has 3 rings (SSSR count). The fourth-order valence-corrected chi connectivity index (χ4v) is 3.21. The summed E-state index contributed by atoms with van der Waals surface area (Å²) >= 11 is 1.14. The standard InChI is InChI=1S/C15H10N2O2S/c1-8-13(15(18)19)20-14(17-8)10-5-9-3-2-4-12(9)11(6-10)7-16/h2-3,5-6H,4H2,1H3,(H,18,19). The SMILES string of the molecule is Cc1nc(-c2cc(C#N)c3c(c2)C=CC3)sc1C(=O)O. The number of carboxylic acid groups (broad SMARTS) is 1. The normalized spacial score (nSPS) is 12.2. The molecule has 98 valence electrons. The Hall–Kier alpha value is -2.45. The molecule has 2 aromatic rings. The summed E-state index contributed by atoms with van der Waals surface area (Å²) in [5.74, 6) is -0.965. The third kappa shape index (κ3) is 1.91. The van der Waals surface area contributed by atoms with Gasteiger partial charge < -0.3 is 5.11 Å². The Kier molecular flexibility index (Phi) is 2.88. The Bertz CT molecular complexity index is 797. The molecule has 1 aromatic carbocycles. The number of thiazole rings is 1. The molecule has 1 aromatic heterocycles. The molecule has 0 aliphatic heterocycles. The topological polar surface area (TPSA) is 74.0 Å². The van der Waals surface area contributed by atoms with Crippen LogP contribution in [-0.2, 0) is 6.42 Å². The Morgan fingerprint density at radius 2 is 2.30 bits per heavy atom. The predicted molar refractivity (Wildman–Crippen MR) is 76.7 cm³/mol. The van der Waals surface area contributed by atoms with Crippen molar-refractivity contribution in [3.63, 3.8) is 0 Å². The molecule has 20 heavy (non-hydrogen) atoms. The molecule has 0 amide bonds. The number of hydrogen-bond donors (Lipinski definition) is 1. The van der Waals surface area contributed by atoms with E-state index in [0.29, 0.717) is 16.3 Å². The van der Waals surface area contributed by atoms with Crippen LogP contribution in [0.3, 0.4) is 0 Å². The lowest BCUT2D eigenvalue weighted by Crippen LogP contribution is -1.94. The summed E-state index contributed by atoms with van der Waals surface area (Å²) in [7, 11) is 0. The number of nitrogens with zero attached hydrogens (tertiary/aromatic N) is 2. The molecule has 0 atom stereocenters. The van der Waals surface area contributed by atoms with E-state index in [9.17, 15) is 10.1 Å². The van der Waals surface area contributed by atoms with Crippen molar-refractivity contribution in [3.05, 3.63) is 45.5 Å². The Morgan fingerprint density at radius 3 is 2.95 bits per heavy atom. The van der Waals surface area contributed by atoms with Gasteiger partial charge in [0, 0.05) is 5.56 Å². The van der Waals surface area contributed by atoms with E-state index in [1.54, 1.807) is 13.0 Å². The van der Waals surface area contributed by atoms with Crippen molar-refractivity contribution >= 4 is 23.4 Å². The molecule has 1 aliphatic rings. The molecule has 0 unspecified atom stereocenters. The molecule has 5 heteroatoms. The summed E-state index contributed by atoms with van der Waals surface area (Å²) in [6.07, 6.45) is 4.78. The average molecular weight is 282 g/mol. The number of aryl methyl sites for hydroxylation is 1. The lowest BCUT2D eigenvalue weighted by Gasteiger charge is -2.04. The highest BCUT2D eigenvalue weighted by atomic mass is 32.1. The van der Waals surface area contributed by atoms with Crippen molar-refractivity contribution in [3.8, 4) is 16.6 Å². The molecule has 0 radical (unpaired) electrons. The fraction of sp³-hybridized carbons (Fsp3) is 0.133. The smallest absolute Gasteiger partial charge is 0.347 e. The number of carboxylic acids is 1. The zero-order valence-corrected chi connectivity index (χ0v) is 11.5. The van der Waals surface area contributed by atoms with Gasteiger partial charge in [0.05, 0.1) is 17.3 Å². The molecule has 0 saturated carbocycles. The lowest BCUT2D eigenvalue weighted by atomic mass is 10.00. The van der Waals surface area contributed by atoms with Crippen molar-refractivity contribution in [1.82, 2.24) is 4.98 Å². The van der Waals surface area contributed by atoms with Gasteiger partial charge in [-0.3, -0.25) is 0 Å². The second-order valence-corrected chi connectivity index (χ2v) is 5.55. The molecule has 0 bridgehead atoms. The summed E-state index contributed by atoms with van der Waals surface area (Å²) in [5, 5.41) is 19.0. The van der Waals surface area contributed by atoms with Crippen molar-refractivity contribution in [2.75, 3.05) is 0 Å². The van der Waals surface area contributed by atoms with E-state index >= 15 is 0 Å². The molecule has 1 aliphatic carbocycles. The number of aromatic carboxylic acids is 1. The summed E-state index contributed by atoms with van der Waals surface area (Å²) in [6, 6.07) is 5.95. The summed E-state index contributed by atoms with van der Waals surface area (Å²) in [5.41, 5.74) is 3.98. The van der Waals surface area contributed by atoms with Crippen LogP contribution in [0.2, 0.25) is 0 Å². The monoisotopic (exact) mass is 282 g/mol. The minimum absolute atomic E-state index is 0.245. The molecular formula is C15H10N2O2S. The zero-order chi connectivity index (χ0) is 14.3. The molecule has 4 nitrogen and oxygen atoms in total. The van der Waals surface area contributed by atoms with E-state index in [2.05, 4.69) is 11.1 Å². The summed E-state index contributed by atoms with van der Waals surface area (Å²) in [4.78, 5) is 15.6. The Balaban J connectivity index is 2.16. The Labute approximate surface area is 119 Å². The number of nitriles is 1. The summed E-state index contributed by atoms with van der Waals surface area (Å²) in [6.45, 7) is 1.68. The van der Waals surface area contributed by atoms with Gasteiger partial charge in [0.25, 0.3) is 0 Å². The molecule has 1 N–H and O–H groups in total. The number of aromatic nitrogens is 1. The highest BCUT2D eigenvalue weighted by molar-refractivity contribution is 7.17. The van der Waals surface area contributed by atoms with Crippen LogP contribution in [0.4, 0.5) is 0 Å². The van der Waals surface area contributed by atoms with Crippen molar-refractivity contribution in [1.29, 1.82) is 5.26 Å². The number of fused-ring (bicyclic) bond motifs is 1.